The van der Waals surface area contributed by atoms with Crippen molar-refractivity contribution in [3.05, 3.63) is 54.1 Å². The van der Waals surface area contributed by atoms with Crippen molar-refractivity contribution in [3.63, 3.8) is 0 Å². The Hall–Kier alpha value is -2.69. The highest BCUT2D eigenvalue weighted by Crippen LogP contribution is 2.34. The number of carbonyl (C=O) groups is 1. The Bertz CT molecular complexity index is 643. The highest BCUT2D eigenvalue weighted by atomic mass is 16.7. The third-order valence-corrected chi connectivity index (χ3v) is 3.28. The summed E-state index contributed by atoms with van der Waals surface area (Å²) in [6.45, 7) is 2.16. The van der Waals surface area contributed by atoms with Crippen molar-refractivity contribution in [2.75, 3.05) is 12.1 Å². The van der Waals surface area contributed by atoms with Gasteiger partial charge in [-0.3, -0.25) is 0 Å². The molecule has 21 heavy (non-hydrogen) atoms. The van der Waals surface area contributed by atoms with Crippen LogP contribution in [0.2, 0.25) is 0 Å². The van der Waals surface area contributed by atoms with Crippen LogP contribution in [0, 0.1) is 0 Å². The van der Waals surface area contributed by atoms with E-state index in [-0.39, 0.29) is 18.9 Å². The van der Waals surface area contributed by atoms with E-state index in [0.29, 0.717) is 17.2 Å². The van der Waals surface area contributed by atoms with E-state index in [0.717, 1.165) is 5.56 Å². The Morgan fingerprint density at radius 2 is 1.86 bits per heavy atom. The zero-order chi connectivity index (χ0) is 14.7. The van der Waals surface area contributed by atoms with Gasteiger partial charge in [-0.1, -0.05) is 30.3 Å². The lowest BCUT2D eigenvalue weighted by atomic mass is 10.1. The minimum absolute atomic E-state index is 0.0692. The highest BCUT2D eigenvalue weighted by Gasteiger charge is 2.15. The Kier molecular flexibility index (Phi) is 3.64. The Balaban J connectivity index is 1.61. The molecule has 2 N–H and O–H groups in total. The molecule has 2 amide bonds. The SMILES string of the molecule is CC(NC(=O)Nc1ccc2c(c1)OCO2)c1ccccc1. The zero-order valence-corrected chi connectivity index (χ0v) is 11.6. The molecule has 0 fully saturated rings. The first-order chi connectivity index (χ1) is 10.2. The summed E-state index contributed by atoms with van der Waals surface area (Å²) < 4.78 is 10.5. The summed E-state index contributed by atoms with van der Waals surface area (Å²) in [6, 6.07) is 14.8. The number of benzene rings is 2. The summed E-state index contributed by atoms with van der Waals surface area (Å²) in [6.07, 6.45) is 0. The number of carbonyl (C=O) groups excluding carboxylic acids is 1. The molecule has 5 heteroatoms. The number of urea groups is 1. The van der Waals surface area contributed by atoms with E-state index in [1.54, 1.807) is 18.2 Å². The molecule has 2 aromatic carbocycles. The number of hydrogen-bond donors (Lipinski definition) is 2. The molecule has 0 saturated heterocycles. The van der Waals surface area contributed by atoms with Crippen molar-refractivity contribution in [1.82, 2.24) is 5.32 Å². The highest BCUT2D eigenvalue weighted by molar-refractivity contribution is 5.90. The number of anilines is 1. The minimum Gasteiger partial charge on any atom is -0.454 e. The minimum atomic E-state index is -0.259. The molecule has 0 aliphatic carbocycles. The normalized spacial score (nSPS) is 13.6. The van der Waals surface area contributed by atoms with Gasteiger partial charge in [0.05, 0.1) is 6.04 Å². The molecule has 5 nitrogen and oxygen atoms in total. The van der Waals surface area contributed by atoms with Crippen LogP contribution in [-0.4, -0.2) is 12.8 Å². The fourth-order valence-electron chi connectivity index (χ4n) is 2.16. The summed E-state index contributed by atoms with van der Waals surface area (Å²) in [4.78, 5) is 12.0. The number of fused-ring (bicyclic) bond motifs is 1. The number of hydrogen-bond acceptors (Lipinski definition) is 3. The van der Waals surface area contributed by atoms with Gasteiger partial charge in [0.15, 0.2) is 11.5 Å². The fourth-order valence-corrected chi connectivity index (χ4v) is 2.16. The van der Waals surface area contributed by atoms with Crippen molar-refractivity contribution >= 4 is 11.7 Å². The molecule has 1 unspecified atom stereocenters. The van der Waals surface area contributed by atoms with Gasteiger partial charge < -0.3 is 20.1 Å². The molecule has 1 aliphatic rings. The van der Waals surface area contributed by atoms with E-state index in [1.165, 1.54) is 0 Å². The van der Waals surface area contributed by atoms with Crippen molar-refractivity contribution in [3.8, 4) is 11.5 Å². The lowest BCUT2D eigenvalue weighted by molar-refractivity contribution is 0.174. The topological polar surface area (TPSA) is 59.6 Å². The van der Waals surface area contributed by atoms with Gasteiger partial charge in [0.1, 0.15) is 0 Å². The predicted molar refractivity (Wildman–Crippen MR) is 79.6 cm³/mol. The van der Waals surface area contributed by atoms with Crippen LogP contribution in [0.15, 0.2) is 48.5 Å². The Labute approximate surface area is 122 Å². The second-order valence-corrected chi connectivity index (χ2v) is 4.80. The number of nitrogens with one attached hydrogen (secondary N) is 2. The molecule has 0 radical (unpaired) electrons. The summed E-state index contributed by atoms with van der Waals surface area (Å²) in [5.41, 5.74) is 1.72. The van der Waals surface area contributed by atoms with Gasteiger partial charge in [0.2, 0.25) is 6.79 Å². The Morgan fingerprint density at radius 1 is 1.10 bits per heavy atom. The van der Waals surface area contributed by atoms with Gasteiger partial charge in [-0.15, -0.1) is 0 Å². The molecule has 108 valence electrons. The molecular formula is C16H16N2O3. The lowest BCUT2D eigenvalue weighted by Gasteiger charge is -2.15. The van der Waals surface area contributed by atoms with Crippen LogP contribution in [0.1, 0.15) is 18.5 Å². The monoisotopic (exact) mass is 284 g/mol. The van der Waals surface area contributed by atoms with Crippen molar-refractivity contribution in [1.29, 1.82) is 0 Å². The quantitative estimate of drug-likeness (QED) is 0.909. The summed E-state index contributed by atoms with van der Waals surface area (Å²) >= 11 is 0. The third-order valence-electron chi connectivity index (χ3n) is 3.28. The van der Waals surface area contributed by atoms with Gasteiger partial charge in [-0.05, 0) is 24.6 Å². The molecule has 3 rings (SSSR count). The molecule has 0 bridgehead atoms. The van der Waals surface area contributed by atoms with Crippen LogP contribution in [0.25, 0.3) is 0 Å². The smallest absolute Gasteiger partial charge is 0.319 e. The molecule has 1 heterocycles. The summed E-state index contributed by atoms with van der Waals surface area (Å²) in [7, 11) is 0. The largest absolute Gasteiger partial charge is 0.454 e. The maximum absolute atomic E-state index is 12.0. The van der Waals surface area contributed by atoms with Crippen molar-refractivity contribution < 1.29 is 14.3 Å². The molecule has 0 saturated carbocycles. The number of amides is 2. The van der Waals surface area contributed by atoms with E-state index < -0.39 is 0 Å². The Morgan fingerprint density at radius 3 is 2.67 bits per heavy atom. The lowest BCUT2D eigenvalue weighted by Crippen LogP contribution is -2.31. The van der Waals surface area contributed by atoms with E-state index in [1.807, 2.05) is 37.3 Å². The second kappa shape index (κ2) is 5.75. The van der Waals surface area contributed by atoms with E-state index >= 15 is 0 Å². The first kappa shape index (κ1) is 13.3. The molecule has 1 aliphatic heterocycles. The molecule has 0 aromatic heterocycles. The van der Waals surface area contributed by atoms with Gasteiger partial charge in [0.25, 0.3) is 0 Å². The third kappa shape index (κ3) is 3.08. The standard InChI is InChI=1S/C16H16N2O3/c1-11(12-5-3-2-4-6-12)17-16(19)18-13-7-8-14-15(9-13)21-10-20-14/h2-9,11H,10H2,1H3,(H2,17,18,19). The second-order valence-electron chi connectivity index (χ2n) is 4.80. The number of ether oxygens (including phenoxy) is 2. The summed E-state index contributed by atoms with van der Waals surface area (Å²) in [5, 5.41) is 5.68. The molecule has 1 atom stereocenters. The van der Waals surface area contributed by atoms with Crippen LogP contribution in [0.3, 0.4) is 0 Å². The first-order valence-electron chi connectivity index (χ1n) is 6.74. The van der Waals surface area contributed by atoms with Crippen LogP contribution in [0.4, 0.5) is 10.5 Å². The van der Waals surface area contributed by atoms with E-state index in [2.05, 4.69) is 10.6 Å². The zero-order valence-electron chi connectivity index (χ0n) is 11.6. The fraction of sp³-hybridized carbons (Fsp3) is 0.188. The van der Waals surface area contributed by atoms with Gasteiger partial charge in [0, 0.05) is 11.8 Å². The van der Waals surface area contributed by atoms with Crippen LogP contribution >= 0.6 is 0 Å². The maximum atomic E-state index is 12.0. The first-order valence-corrected chi connectivity index (χ1v) is 6.74. The van der Waals surface area contributed by atoms with Crippen molar-refractivity contribution in [2.24, 2.45) is 0 Å². The average Bonchev–Trinajstić information content (AvgIpc) is 2.95. The van der Waals surface area contributed by atoms with E-state index in [9.17, 15) is 4.79 Å². The number of rotatable bonds is 3. The maximum Gasteiger partial charge on any atom is 0.319 e. The van der Waals surface area contributed by atoms with Crippen LogP contribution < -0.4 is 20.1 Å². The van der Waals surface area contributed by atoms with Crippen molar-refractivity contribution in [2.45, 2.75) is 13.0 Å². The van der Waals surface area contributed by atoms with Crippen LogP contribution in [-0.2, 0) is 0 Å². The van der Waals surface area contributed by atoms with E-state index in [4.69, 9.17) is 9.47 Å². The molecular weight excluding hydrogens is 268 g/mol. The van der Waals surface area contributed by atoms with Gasteiger partial charge in [-0.2, -0.15) is 0 Å². The summed E-state index contributed by atoms with van der Waals surface area (Å²) in [5.74, 6) is 1.34. The average molecular weight is 284 g/mol. The molecule has 0 spiro atoms. The molecule has 2 aromatic rings. The predicted octanol–water partition coefficient (Wildman–Crippen LogP) is 3.30. The van der Waals surface area contributed by atoms with Crippen LogP contribution in [0.5, 0.6) is 11.5 Å². The van der Waals surface area contributed by atoms with Gasteiger partial charge in [-0.25, -0.2) is 4.79 Å². The van der Waals surface area contributed by atoms with Gasteiger partial charge >= 0.3 is 6.03 Å².